The summed E-state index contributed by atoms with van der Waals surface area (Å²) in [5.74, 6) is -0.559. The number of hydrogen-bond donors (Lipinski definition) is 1. The number of aromatic nitrogens is 1. The fraction of sp³-hybridized carbons (Fsp3) is 0.478. The largest absolute Gasteiger partial charge is 0.367 e. The number of fused-ring (bicyclic) bond motifs is 2. The van der Waals surface area contributed by atoms with Gasteiger partial charge in [-0.05, 0) is 29.7 Å². The quantitative estimate of drug-likeness (QED) is 0.840. The van der Waals surface area contributed by atoms with E-state index in [1.807, 2.05) is 39.8 Å². The summed E-state index contributed by atoms with van der Waals surface area (Å²) in [4.78, 5) is 44.7. The Balaban J connectivity index is 1.59. The summed E-state index contributed by atoms with van der Waals surface area (Å²) in [6.07, 6.45) is 1.44. The van der Waals surface area contributed by atoms with Gasteiger partial charge in [0.05, 0.1) is 11.6 Å². The second kappa shape index (κ2) is 7.47. The van der Waals surface area contributed by atoms with Gasteiger partial charge in [-0.2, -0.15) is 0 Å². The number of likely N-dealkylation sites (tertiary alicyclic amines) is 1. The first-order valence-corrected chi connectivity index (χ1v) is 10.3. The van der Waals surface area contributed by atoms with Crippen molar-refractivity contribution < 1.29 is 19.1 Å². The molecule has 4 atom stereocenters. The molecule has 2 aliphatic rings. The predicted molar refractivity (Wildman–Crippen MR) is 112 cm³/mol. The van der Waals surface area contributed by atoms with E-state index in [-0.39, 0.29) is 36.2 Å². The van der Waals surface area contributed by atoms with Crippen molar-refractivity contribution in [1.29, 1.82) is 0 Å². The Labute approximate surface area is 175 Å². The number of benzene rings is 1. The van der Waals surface area contributed by atoms with Crippen LogP contribution < -0.4 is 5.32 Å². The van der Waals surface area contributed by atoms with Crippen LogP contribution in [-0.2, 0) is 14.3 Å². The fourth-order valence-electron chi connectivity index (χ4n) is 4.37. The third kappa shape index (κ3) is 3.58. The van der Waals surface area contributed by atoms with Gasteiger partial charge in [-0.15, -0.1) is 0 Å². The summed E-state index contributed by atoms with van der Waals surface area (Å²) in [5, 5.41) is 3.78. The molecule has 3 heterocycles. The second-order valence-electron chi connectivity index (χ2n) is 9.34. The van der Waals surface area contributed by atoms with Crippen molar-refractivity contribution in [3.8, 4) is 0 Å². The van der Waals surface area contributed by atoms with Gasteiger partial charge in [0, 0.05) is 29.6 Å². The number of amides is 2. The van der Waals surface area contributed by atoms with Crippen LogP contribution in [0.25, 0.3) is 10.9 Å². The first-order chi connectivity index (χ1) is 14.2. The maximum absolute atomic E-state index is 13.5. The van der Waals surface area contributed by atoms with E-state index in [2.05, 4.69) is 10.3 Å². The van der Waals surface area contributed by atoms with Crippen LogP contribution in [0.2, 0.25) is 0 Å². The smallest absolute Gasteiger partial charge is 0.251 e. The molecule has 0 saturated carbocycles. The Morgan fingerprint density at radius 2 is 2.03 bits per heavy atom. The summed E-state index contributed by atoms with van der Waals surface area (Å²) in [6.45, 7) is 8.20. The van der Waals surface area contributed by atoms with Gasteiger partial charge in [-0.1, -0.05) is 33.8 Å². The number of nitrogens with zero attached hydrogens (tertiary/aromatic N) is 2. The average molecular weight is 409 g/mol. The highest BCUT2D eigenvalue weighted by Crippen LogP contribution is 2.33. The van der Waals surface area contributed by atoms with Crippen LogP contribution in [0.1, 0.15) is 38.1 Å². The maximum Gasteiger partial charge on any atom is 0.251 e. The molecule has 0 radical (unpaired) electrons. The molecule has 30 heavy (non-hydrogen) atoms. The van der Waals surface area contributed by atoms with Gasteiger partial charge >= 0.3 is 0 Å². The van der Waals surface area contributed by atoms with Crippen LogP contribution in [0.5, 0.6) is 0 Å². The molecule has 2 amide bonds. The average Bonchev–Trinajstić information content (AvgIpc) is 3.25. The lowest BCUT2D eigenvalue weighted by molar-refractivity contribution is -0.140. The van der Waals surface area contributed by atoms with Crippen LogP contribution in [0, 0.1) is 11.3 Å². The van der Waals surface area contributed by atoms with Crippen molar-refractivity contribution in [2.75, 3.05) is 13.2 Å². The predicted octanol–water partition coefficient (Wildman–Crippen LogP) is 2.19. The van der Waals surface area contributed by atoms with Crippen LogP contribution in [0.4, 0.5) is 0 Å². The Morgan fingerprint density at radius 3 is 2.77 bits per heavy atom. The van der Waals surface area contributed by atoms with Crippen molar-refractivity contribution in [1.82, 2.24) is 15.2 Å². The normalized spacial score (nSPS) is 24.7. The summed E-state index contributed by atoms with van der Waals surface area (Å²) < 4.78 is 5.60. The van der Waals surface area contributed by atoms with Crippen molar-refractivity contribution in [2.45, 2.75) is 45.9 Å². The van der Waals surface area contributed by atoms with Gasteiger partial charge in [0.2, 0.25) is 5.91 Å². The van der Waals surface area contributed by atoms with Crippen molar-refractivity contribution in [3.05, 3.63) is 42.1 Å². The maximum atomic E-state index is 13.5. The Morgan fingerprint density at radius 1 is 1.27 bits per heavy atom. The fourth-order valence-corrected chi connectivity index (χ4v) is 4.37. The molecule has 2 aromatic rings. The minimum atomic E-state index is -0.769. The van der Waals surface area contributed by atoms with Crippen LogP contribution in [0.15, 0.2) is 36.5 Å². The van der Waals surface area contributed by atoms with E-state index in [0.717, 1.165) is 10.9 Å². The molecular formula is C23H27N3O4. The van der Waals surface area contributed by atoms with E-state index in [9.17, 15) is 14.4 Å². The molecule has 0 bridgehead atoms. The molecule has 1 N–H and O–H groups in total. The highest BCUT2D eigenvalue weighted by atomic mass is 16.5. The molecule has 1 aromatic heterocycles. The molecule has 7 nitrogen and oxygen atoms in total. The zero-order valence-corrected chi connectivity index (χ0v) is 17.7. The zero-order valence-electron chi connectivity index (χ0n) is 17.7. The molecule has 2 aliphatic heterocycles. The van der Waals surface area contributed by atoms with E-state index in [1.54, 1.807) is 29.3 Å². The number of pyridine rings is 1. The minimum absolute atomic E-state index is 0.0428. The van der Waals surface area contributed by atoms with E-state index in [4.69, 9.17) is 4.74 Å². The highest BCUT2D eigenvalue weighted by Gasteiger charge is 2.52. The lowest BCUT2D eigenvalue weighted by Gasteiger charge is -2.35. The second-order valence-corrected chi connectivity index (χ2v) is 9.34. The van der Waals surface area contributed by atoms with E-state index >= 15 is 0 Å². The molecule has 0 spiro atoms. The van der Waals surface area contributed by atoms with Gasteiger partial charge in [-0.25, -0.2) is 0 Å². The highest BCUT2D eigenvalue weighted by molar-refractivity contribution is 6.01. The van der Waals surface area contributed by atoms with Crippen LogP contribution >= 0.6 is 0 Å². The first-order valence-electron chi connectivity index (χ1n) is 10.3. The third-order valence-corrected chi connectivity index (χ3v) is 5.98. The van der Waals surface area contributed by atoms with Gasteiger partial charge in [0.1, 0.15) is 18.7 Å². The summed E-state index contributed by atoms with van der Waals surface area (Å²) >= 11 is 0. The molecule has 4 rings (SSSR count). The van der Waals surface area contributed by atoms with Crippen LogP contribution in [-0.4, -0.2) is 58.8 Å². The molecule has 7 heteroatoms. The molecule has 158 valence electrons. The number of ketones is 1. The molecule has 2 fully saturated rings. The van der Waals surface area contributed by atoms with Gasteiger partial charge in [0.25, 0.3) is 5.91 Å². The monoisotopic (exact) mass is 409 g/mol. The van der Waals surface area contributed by atoms with E-state index in [0.29, 0.717) is 12.1 Å². The number of carbonyl (C=O) groups is 3. The number of nitrogens with one attached hydrogen (secondary N) is 1. The lowest BCUT2D eigenvalue weighted by atomic mass is 9.85. The Kier molecular flexibility index (Phi) is 5.10. The molecule has 1 aromatic carbocycles. The van der Waals surface area contributed by atoms with Crippen molar-refractivity contribution in [3.63, 3.8) is 0 Å². The van der Waals surface area contributed by atoms with Crippen molar-refractivity contribution >= 4 is 28.5 Å². The van der Waals surface area contributed by atoms with Crippen molar-refractivity contribution in [2.24, 2.45) is 11.3 Å². The zero-order chi connectivity index (χ0) is 21.6. The van der Waals surface area contributed by atoms with E-state index < -0.39 is 17.5 Å². The molecular weight excluding hydrogens is 382 g/mol. The topological polar surface area (TPSA) is 88.6 Å². The molecule has 2 saturated heterocycles. The summed E-state index contributed by atoms with van der Waals surface area (Å²) in [6, 6.07) is 7.65. The Hall–Kier alpha value is -2.80. The van der Waals surface area contributed by atoms with Gasteiger partial charge in [-0.3, -0.25) is 19.4 Å². The summed E-state index contributed by atoms with van der Waals surface area (Å²) in [7, 11) is 0. The first kappa shape index (κ1) is 20.5. The van der Waals surface area contributed by atoms with Gasteiger partial charge in [0.15, 0.2) is 5.78 Å². The molecule has 3 unspecified atom stereocenters. The SMILES string of the molecule is CC1CN(C(=O)[C@@H](NC(=O)c2ccc3ncccc3c2)C(C)(C)C)C2C(=O)COC12. The standard InChI is InChI=1S/C23H27N3O4/c1-13-11-26(18-17(27)12-30-19(13)18)22(29)20(23(2,3)4)25-21(28)15-7-8-16-14(10-15)6-5-9-24-16/h5-10,13,18-20H,11-12H2,1-4H3,(H,25,28)/t13?,18?,19?,20-/m1/s1. The number of rotatable bonds is 3. The van der Waals surface area contributed by atoms with Crippen LogP contribution in [0.3, 0.4) is 0 Å². The van der Waals surface area contributed by atoms with Gasteiger partial charge < -0.3 is 15.0 Å². The number of Topliss-reactive ketones (excluding diaryl/α,β-unsaturated/α-hetero) is 1. The number of hydrogen-bond acceptors (Lipinski definition) is 5. The Bertz CT molecular complexity index is 1010. The lowest BCUT2D eigenvalue weighted by Crippen LogP contribution is -2.57. The summed E-state index contributed by atoms with van der Waals surface area (Å²) in [5.41, 5.74) is 0.731. The van der Waals surface area contributed by atoms with E-state index in [1.165, 1.54) is 0 Å². The number of carbonyl (C=O) groups excluding carboxylic acids is 3. The third-order valence-electron chi connectivity index (χ3n) is 5.98. The molecule has 0 aliphatic carbocycles. The minimum Gasteiger partial charge on any atom is -0.367 e. The number of ether oxygens (including phenoxy) is 1.